The van der Waals surface area contributed by atoms with Gasteiger partial charge < -0.3 is 10.2 Å². The van der Waals surface area contributed by atoms with Crippen LogP contribution in [0.25, 0.3) is 0 Å². The van der Waals surface area contributed by atoms with E-state index >= 15 is 0 Å². The molecular formula is C19H21FN2O. The monoisotopic (exact) mass is 312 g/mol. The lowest BCUT2D eigenvalue weighted by atomic mass is 9.99. The number of rotatable bonds is 5. The van der Waals surface area contributed by atoms with Crippen molar-refractivity contribution < 1.29 is 9.18 Å². The molecule has 2 aromatic rings. The number of nitrogens with zero attached hydrogens (tertiary/aromatic N) is 1. The van der Waals surface area contributed by atoms with Crippen LogP contribution in [0.4, 0.5) is 10.1 Å². The first-order valence-electron chi connectivity index (χ1n) is 8.03. The van der Waals surface area contributed by atoms with Crippen molar-refractivity contribution in [1.29, 1.82) is 0 Å². The molecular weight excluding hydrogens is 291 g/mol. The second-order valence-electron chi connectivity index (χ2n) is 6.01. The number of anilines is 1. The van der Waals surface area contributed by atoms with Crippen LogP contribution < -0.4 is 5.32 Å². The fourth-order valence-electron chi connectivity index (χ4n) is 3.08. The third kappa shape index (κ3) is 4.39. The number of hydrogen-bond acceptors (Lipinski definition) is 2. The van der Waals surface area contributed by atoms with Crippen LogP contribution >= 0.6 is 0 Å². The molecule has 1 heterocycles. The number of nitrogens with one attached hydrogen (secondary N) is 1. The van der Waals surface area contributed by atoms with Gasteiger partial charge in [-0.25, -0.2) is 4.39 Å². The number of likely N-dealkylation sites (tertiary alicyclic amines) is 1. The molecule has 23 heavy (non-hydrogen) atoms. The van der Waals surface area contributed by atoms with Crippen LogP contribution in [0.2, 0.25) is 0 Å². The van der Waals surface area contributed by atoms with Crippen LogP contribution in [-0.4, -0.2) is 30.4 Å². The first-order chi connectivity index (χ1) is 11.2. The molecule has 3 rings (SSSR count). The van der Waals surface area contributed by atoms with Gasteiger partial charge in [-0.1, -0.05) is 36.4 Å². The Morgan fingerprint density at radius 1 is 1.17 bits per heavy atom. The van der Waals surface area contributed by atoms with Crippen LogP contribution in [0.3, 0.4) is 0 Å². The molecule has 2 aromatic carbocycles. The second kappa shape index (κ2) is 7.38. The highest BCUT2D eigenvalue weighted by Crippen LogP contribution is 2.26. The lowest BCUT2D eigenvalue weighted by Crippen LogP contribution is -2.25. The van der Waals surface area contributed by atoms with Crippen molar-refractivity contribution in [3.05, 3.63) is 66.0 Å². The highest BCUT2D eigenvalue weighted by Gasteiger charge is 2.23. The van der Waals surface area contributed by atoms with Gasteiger partial charge in [0.25, 0.3) is 0 Å². The van der Waals surface area contributed by atoms with Gasteiger partial charge in [-0.05, 0) is 42.6 Å². The van der Waals surface area contributed by atoms with Gasteiger partial charge in [0.05, 0.1) is 0 Å². The van der Waals surface area contributed by atoms with Crippen LogP contribution in [0, 0.1) is 5.82 Å². The minimum absolute atomic E-state index is 0.0706. The van der Waals surface area contributed by atoms with Crippen molar-refractivity contribution >= 4 is 11.6 Å². The van der Waals surface area contributed by atoms with Gasteiger partial charge in [0.15, 0.2) is 0 Å². The maximum atomic E-state index is 13.1. The molecule has 1 amide bonds. The number of halogens is 1. The largest absolute Gasteiger partial charge is 0.326 e. The standard InChI is InChI=1S/C19H21FN2O/c20-17-7-4-8-18(13-17)21-19(23)10-12-22-11-9-16(14-22)15-5-2-1-3-6-15/h1-8,13,16H,9-12,14H2,(H,21,23). The summed E-state index contributed by atoms with van der Waals surface area (Å²) in [6.45, 7) is 2.76. The summed E-state index contributed by atoms with van der Waals surface area (Å²) in [6, 6.07) is 16.5. The SMILES string of the molecule is O=C(CCN1CCC(c2ccccc2)C1)Nc1cccc(F)c1. The van der Waals surface area contributed by atoms with E-state index in [4.69, 9.17) is 0 Å². The predicted molar refractivity (Wildman–Crippen MR) is 89.9 cm³/mol. The van der Waals surface area contributed by atoms with E-state index in [1.54, 1.807) is 12.1 Å². The summed E-state index contributed by atoms with van der Waals surface area (Å²) in [6.07, 6.45) is 1.56. The molecule has 0 spiro atoms. The molecule has 1 atom stereocenters. The van der Waals surface area contributed by atoms with E-state index in [1.165, 1.54) is 17.7 Å². The fourth-order valence-corrected chi connectivity index (χ4v) is 3.08. The van der Waals surface area contributed by atoms with Gasteiger partial charge in [0, 0.05) is 25.2 Å². The number of hydrogen-bond donors (Lipinski definition) is 1. The minimum atomic E-state index is -0.340. The average molecular weight is 312 g/mol. The van der Waals surface area contributed by atoms with E-state index in [-0.39, 0.29) is 11.7 Å². The van der Waals surface area contributed by atoms with Gasteiger partial charge >= 0.3 is 0 Å². The van der Waals surface area contributed by atoms with Crippen molar-refractivity contribution in [2.45, 2.75) is 18.8 Å². The van der Waals surface area contributed by atoms with Gasteiger partial charge in [-0.15, -0.1) is 0 Å². The average Bonchev–Trinajstić information content (AvgIpc) is 3.03. The van der Waals surface area contributed by atoms with Crippen molar-refractivity contribution in [3.63, 3.8) is 0 Å². The molecule has 3 nitrogen and oxygen atoms in total. The van der Waals surface area contributed by atoms with E-state index in [9.17, 15) is 9.18 Å². The first kappa shape index (κ1) is 15.7. The van der Waals surface area contributed by atoms with E-state index < -0.39 is 0 Å². The number of amides is 1. The molecule has 0 bridgehead atoms. The maximum Gasteiger partial charge on any atom is 0.225 e. The number of benzene rings is 2. The quantitative estimate of drug-likeness (QED) is 0.914. The molecule has 1 unspecified atom stereocenters. The Labute approximate surface area is 136 Å². The second-order valence-corrected chi connectivity index (χ2v) is 6.01. The Kier molecular flexibility index (Phi) is 5.03. The third-order valence-corrected chi connectivity index (χ3v) is 4.31. The van der Waals surface area contributed by atoms with Crippen LogP contribution in [0.1, 0.15) is 24.3 Å². The molecule has 1 aliphatic heterocycles. The van der Waals surface area contributed by atoms with Crippen molar-refractivity contribution in [2.24, 2.45) is 0 Å². The zero-order chi connectivity index (χ0) is 16.1. The molecule has 4 heteroatoms. The fraction of sp³-hybridized carbons (Fsp3) is 0.316. The molecule has 1 saturated heterocycles. The zero-order valence-electron chi connectivity index (χ0n) is 13.0. The predicted octanol–water partition coefficient (Wildman–Crippen LogP) is 3.64. The molecule has 1 aliphatic rings. The summed E-state index contributed by atoms with van der Waals surface area (Å²) < 4.78 is 13.1. The first-order valence-corrected chi connectivity index (χ1v) is 8.03. The molecule has 0 aromatic heterocycles. The zero-order valence-corrected chi connectivity index (χ0v) is 13.0. The molecule has 0 saturated carbocycles. The summed E-state index contributed by atoms with van der Waals surface area (Å²) in [5.74, 6) is 0.147. The van der Waals surface area contributed by atoms with Crippen molar-refractivity contribution in [2.75, 3.05) is 25.0 Å². The Bertz CT molecular complexity index is 659. The Morgan fingerprint density at radius 3 is 2.78 bits per heavy atom. The maximum absolute atomic E-state index is 13.1. The van der Waals surface area contributed by atoms with E-state index in [0.29, 0.717) is 18.0 Å². The van der Waals surface area contributed by atoms with Crippen LogP contribution in [-0.2, 0) is 4.79 Å². The highest BCUT2D eigenvalue weighted by atomic mass is 19.1. The smallest absolute Gasteiger partial charge is 0.225 e. The summed E-state index contributed by atoms with van der Waals surface area (Å²) in [4.78, 5) is 14.3. The van der Waals surface area contributed by atoms with E-state index in [0.717, 1.165) is 26.1 Å². The third-order valence-electron chi connectivity index (χ3n) is 4.31. The number of carbonyl (C=O) groups is 1. The molecule has 1 fully saturated rings. The van der Waals surface area contributed by atoms with Gasteiger partial charge in [0.1, 0.15) is 5.82 Å². The highest BCUT2D eigenvalue weighted by molar-refractivity contribution is 5.90. The van der Waals surface area contributed by atoms with Crippen molar-refractivity contribution in [3.8, 4) is 0 Å². The topological polar surface area (TPSA) is 32.3 Å². The van der Waals surface area contributed by atoms with Gasteiger partial charge in [-0.3, -0.25) is 4.79 Å². The van der Waals surface area contributed by atoms with Crippen molar-refractivity contribution in [1.82, 2.24) is 4.90 Å². The number of carbonyl (C=O) groups excluding carboxylic acids is 1. The summed E-state index contributed by atoms with van der Waals surface area (Å²) in [7, 11) is 0. The Hall–Kier alpha value is -2.20. The summed E-state index contributed by atoms with van der Waals surface area (Å²) in [5.41, 5.74) is 1.89. The summed E-state index contributed by atoms with van der Waals surface area (Å²) >= 11 is 0. The Balaban J connectivity index is 1.45. The molecule has 1 N–H and O–H groups in total. The molecule has 0 radical (unpaired) electrons. The molecule has 0 aliphatic carbocycles. The van der Waals surface area contributed by atoms with Crippen LogP contribution in [0.5, 0.6) is 0 Å². The van der Waals surface area contributed by atoms with E-state index in [1.807, 2.05) is 6.07 Å². The molecule has 120 valence electrons. The normalized spacial score (nSPS) is 18.0. The lowest BCUT2D eigenvalue weighted by Gasteiger charge is -2.16. The van der Waals surface area contributed by atoms with Crippen LogP contribution in [0.15, 0.2) is 54.6 Å². The Morgan fingerprint density at radius 2 is 2.00 bits per heavy atom. The lowest BCUT2D eigenvalue weighted by molar-refractivity contribution is -0.116. The van der Waals surface area contributed by atoms with E-state index in [2.05, 4.69) is 34.5 Å². The summed E-state index contributed by atoms with van der Waals surface area (Å²) in [5, 5.41) is 2.74. The van der Waals surface area contributed by atoms with Gasteiger partial charge in [0.2, 0.25) is 5.91 Å². The van der Waals surface area contributed by atoms with Gasteiger partial charge in [-0.2, -0.15) is 0 Å². The minimum Gasteiger partial charge on any atom is -0.326 e.